The van der Waals surface area contributed by atoms with Crippen LogP contribution in [0.3, 0.4) is 0 Å². The fourth-order valence-electron chi connectivity index (χ4n) is 2.55. The van der Waals surface area contributed by atoms with E-state index in [9.17, 15) is 4.39 Å². The molecule has 0 atom stereocenters. The molecule has 21 heavy (non-hydrogen) atoms. The number of hydrogen-bond acceptors (Lipinski definition) is 3. The number of imidazole rings is 1. The Bertz CT molecular complexity index is 781. The summed E-state index contributed by atoms with van der Waals surface area (Å²) in [5.74, 6) is 0.797. The molecule has 104 valence electrons. The van der Waals surface area contributed by atoms with Gasteiger partial charge in [-0.2, -0.15) is 0 Å². The van der Waals surface area contributed by atoms with Crippen LogP contribution in [-0.4, -0.2) is 20.3 Å². The summed E-state index contributed by atoms with van der Waals surface area (Å²) in [5, 5.41) is 1.01. The standard InChI is InChI=1S/C16H12FN3S/c17-12-6-4-11(5-7-12)14-15(13-3-1-2-8-18-13)20-9-10-21-16(20)19-14/h1-8H,9-10H2. The van der Waals surface area contributed by atoms with Gasteiger partial charge in [-0.25, -0.2) is 9.37 Å². The van der Waals surface area contributed by atoms with Crippen molar-refractivity contribution in [2.45, 2.75) is 11.7 Å². The Morgan fingerprint density at radius 2 is 1.95 bits per heavy atom. The highest BCUT2D eigenvalue weighted by atomic mass is 32.2. The first-order valence-electron chi connectivity index (χ1n) is 6.73. The van der Waals surface area contributed by atoms with Crippen LogP contribution in [0, 0.1) is 5.82 Å². The third-order valence-electron chi connectivity index (χ3n) is 3.50. The van der Waals surface area contributed by atoms with Gasteiger partial charge in [0, 0.05) is 24.1 Å². The highest BCUT2D eigenvalue weighted by Gasteiger charge is 2.24. The van der Waals surface area contributed by atoms with E-state index in [2.05, 4.69) is 9.55 Å². The van der Waals surface area contributed by atoms with Crippen LogP contribution in [0.1, 0.15) is 0 Å². The summed E-state index contributed by atoms with van der Waals surface area (Å²) in [6.07, 6.45) is 1.78. The molecule has 1 aromatic carbocycles. The zero-order chi connectivity index (χ0) is 14.2. The summed E-state index contributed by atoms with van der Waals surface area (Å²) >= 11 is 1.75. The molecule has 0 saturated heterocycles. The van der Waals surface area contributed by atoms with Crippen molar-refractivity contribution in [2.24, 2.45) is 0 Å². The van der Waals surface area contributed by atoms with Crippen LogP contribution >= 0.6 is 11.8 Å². The second kappa shape index (κ2) is 5.00. The van der Waals surface area contributed by atoms with Gasteiger partial charge in [0.05, 0.1) is 17.1 Å². The molecule has 0 unspecified atom stereocenters. The van der Waals surface area contributed by atoms with E-state index in [1.807, 2.05) is 18.2 Å². The number of benzene rings is 1. The Kier molecular flexibility index (Phi) is 3.00. The molecule has 4 rings (SSSR count). The molecule has 1 aliphatic rings. The molecule has 0 fully saturated rings. The molecule has 5 heteroatoms. The van der Waals surface area contributed by atoms with Gasteiger partial charge >= 0.3 is 0 Å². The minimum absolute atomic E-state index is 0.237. The lowest BCUT2D eigenvalue weighted by molar-refractivity contribution is 0.628. The van der Waals surface area contributed by atoms with Gasteiger partial charge in [0.25, 0.3) is 0 Å². The summed E-state index contributed by atoms with van der Waals surface area (Å²) in [4.78, 5) is 9.19. The maximum Gasteiger partial charge on any atom is 0.169 e. The van der Waals surface area contributed by atoms with E-state index in [-0.39, 0.29) is 5.82 Å². The smallest absolute Gasteiger partial charge is 0.169 e. The van der Waals surface area contributed by atoms with Crippen LogP contribution in [0.15, 0.2) is 53.8 Å². The quantitative estimate of drug-likeness (QED) is 0.719. The van der Waals surface area contributed by atoms with Gasteiger partial charge < -0.3 is 4.57 Å². The lowest BCUT2D eigenvalue weighted by Crippen LogP contribution is -1.98. The number of fused-ring (bicyclic) bond motifs is 1. The predicted octanol–water partition coefficient (Wildman–Crippen LogP) is 3.86. The minimum Gasteiger partial charge on any atom is -0.316 e. The van der Waals surface area contributed by atoms with Crippen LogP contribution in [0.5, 0.6) is 0 Å². The third-order valence-corrected chi connectivity index (χ3v) is 4.46. The molecule has 2 aromatic heterocycles. The van der Waals surface area contributed by atoms with Crippen LogP contribution in [0.25, 0.3) is 22.6 Å². The highest BCUT2D eigenvalue weighted by molar-refractivity contribution is 7.99. The first-order chi connectivity index (χ1) is 10.3. The second-order valence-electron chi connectivity index (χ2n) is 4.81. The minimum atomic E-state index is -0.237. The molecule has 3 aromatic rings. The van der Waals surface area contributed by atoms with Crippen molar-refractivity contribution >= 4 is 11.8 Å². The molecule has 3 nitrogen and oxygen atoms in total. The average Bonchev–Trinajstić information content (AvgIpc) is 3.09. The third kappa shape index (κ3) is 2.14. The molecule has 0 saturated carbocycles. The SMILES string of the molecule is Fc1ccc(-c2nc3n(c2-c2ccccn2)CCS3)cc1. The maximum absolute atomic E-state index is 13.1. The molecule has 0 spiro atoms. The number of hydrogen-bond donors (Lipinski definition) is 0. The van der Waals surface area contributed by atoms with Gasteiger partial charge in [0.1, 0.15) is 5.82 Å². The predicted molar refractivity (Wildman–Crippen MR) is 81.6 cm³/mol. The van der Waals surface area contributed by atoms with E-state index in [0.717, 1.165) is 40.1 Å². The average molecular weight is 297 g/mol. The summed E-state index contributed by atoms with van der Waals surface area (Å²) in [7, 11) is 0. The van der Waals surface area contributed by atoms with E-state index in [1.165, 1.54) is 12.1 Å². The molecular formula is C16H12FN3S. The number of pyridine rings is 1. The van der Waals surface area contributed by atoms with Crippen molar-refractivity contribution in [3.63, 3.8) is 0 Å². The summed E-state index contributed by atoms with van der Waals surface area (Å²) in [6.45, 7) is 0.931. The Morgan fingerprint density at radius 3 is 2.71 bits per heavy atom. The fourth-order valence-corrected chi connectivity index (χ4v) is 3.50. The monoisotopic (exact) mass is 297 g/mol. The fraction of sp³-hybridized carbons (Fsp3) is 0.125. The van der Waals surface area contributed by atoms with Crippen LogP contribution < -0.4 is 0 Å². The zero-order valence-corrected chi connectivity index (χ0v) is 12.0. The van der Waals surface area contributed by atoms with Crippen molar-refractivity contribution in [3.8, 4) is 22.6 Å². The van der Waals surface area contributed by atoms with E-state index < -0.39 is 0 Å². The molecule has 0 bridgehead atoms. The number of rotatable bonds is 2. The van der Waals surface area contributed by atoms with E-state index in [0.29, 0.717) is 0 Å². The number of aromatic nitrogens is 3. The Hall–Kier alpha value is -2.14. The second-order valence-corrected chi connectivity index (χ2v) is 5.88. The summed E-state index contributed by atoms with van der Waals surface area (Å²) < 4.78 is 15.3. The highest BCUT2D eigenvalue weighted by Crippen LogP contribution is 2.38. The Balaban J connectivity index is 1.94. The number of halogens is 1. The molecular weight excluding hydrogens is 285 g/mol. The van der Waals surface area contributed by atoms with Crippen molar-refractivity contribution in [1.82, 2.24) is 14.5 Å². The van der Waals surface area contributed by atoms with Gasteiger partial charge in [0.15, 0.2) is 5.16 Å². The summed E-state index contributed by atoms with van der Waals surface area (Å²) in [5.41, 5.74) is 3.70. The van der Waals surface area contributed by atoms with Crippen molar-refractivity contribution in [1.29, 1.82) is 0 Å². The van der Waals surface area contributed by atoms with Gasteiger partial charge in [-0.3, -0.25) is 4.98 Å². The molecule has 0 amide bonds. The van der Waals surface area contributed by atoms with Crippen LogP contribution in [0.2, 0.25) is 0 Å². The normalized spacial score (nSPS) is 13.4. The van der Waals surface area contributed by atoms with Crippen LogP contribution in [-0.2, 0) is 6.54 Å². The lowest BCUT2D eigenvalue weighted by atomic mass is 10.1. The van der Waals surface area contributed by atoms with E-state index in [4.69, 9.17) is 4.98 Å². The zero-order valence-electron chi connectivity index (χ0n) is 11.2. The Morgan fingerprint density at radius 1 is 1.10 bits per heavy atom. The lowest BCUT2D eigenvalue weighted by Gasteiger charge is -2.07. The molecule has 3 heterocycles. The molecule has 0 aliphatic carbocycles. The van der Waals surface area contributed by atoms with Gasteiger partial charge in [-0.1, -0.05) is 17.8 Å². The topological polar surface area (TPSA) is 30.7 Å². The first kappa shape index (κ1) is 12.6. The van der Waals surface area contributed by atoms with Crippen molar-refractivity contribution in [2.75, 3.05) is 5.75 Å². The van der Waals surface area contributed by atoms with Gasteiger partial charge in [0.2, 0.25) is 0 Å². The summed E-state index contributed by atoms with van der Waals surface area (Å²) in [6, 6.07) is 12.3. The largest absolute Gasteiger partial charge is 0.316 e. The van der Waals surface area contributed by atoms with Gasteiger partial charge in [-0.15, -0.1) is 0 Å². The van der Waals surface area contributed by atoms with Crippen LogP contribution in [0.4, 0.5) is 4.39 Å². The van der Waals surface area contributed by atoms with Gasteiger partial charge in [-0.05, 0) is 36.4 Å². The van der Waals surface area contributed by atoms with Crippen molar-refractivity contribution < 1.29 is 4.39 Å². The maximum atomic E-state index is 13.1. The molecule has 1 aliphatic heterocycles. The first-order valence-corrected chi connectivity index (χ1v) is 7.72. The number of nitrogens with zero attached hydrogens (tertiary/aromatic N) is 3. The molecule has 0 radical (unpaired) electrons. The van der Waals surface area contributed by atoms with E-state index >= 15 is 0 Å². The molecule has 0 N–H and O–H groups in total. The van der Waals surface area contributed by atoms with E-state index in [1.54, 1.807) is 30.1 Å². The number of thioether (sulfide) groups is 1. The Labute approximate surface area is 125 Å². The van der Waals surface area contributed by atoms with Crippen molar-refractivity contribution in [3.05, 3.63) is 54.5 Å².